The van der Waals surface area contributed by atoms with E-state index in [1.54, 1.807) is 20.8 Å². The molecule has 0 aromatic heterocycles. The fourth-order valence-corrected chi connectivity index (χ4v) is 4.07. The van der Waals surface area contributed by atoms with Crippen molar-refractivity contribution < 1.29 is 28.8 Å². The highest BCUT2D eigenvalue weighted by molar-refractivity contribution is 5.92. The molecule has 10 nitrogen and oxygen atoms in total. The summed E-state index contributed by atoms with van der Waals surface area (Å²) >= 11 is 0. The van der Waals surface area contributed by atoms with Crippen LogP contribution in [0.5, 0.6) is 0 Å². The molecule has 0 bridgehead atoms. The minimum atomic E-state index is -0.948. The van der Waals surface area contributed by atoms with E-state index in [4.69, 9.17) is 9.57 Å². The first-order valence-electron chi connectivity index (χ1n) is 10.9. The molecular formula is C21H36N4O6. The number of likely N-dealkylation sites (N-methyl/N-ethyl adjacent to an activating group) is 1. The molecular weight excluding hydrogens is 404 g/mol. The van der Waals surface area contributed by atoms with E-state index < -0.39 is 35.6 Å². The standard InChI is InChI=1S/C21H36N4O6/c1-21(2,3)31-20(29)24-16(13-8-6-7-9-13)18(27)23-15(19(28)25(4)30-5)12-14-10-11-22-17(14)26/h13-16H,6-12H2,1-5H3,(H,22,26)(H,23,27)(H,24,29). The zero-order valence-electron chi connectivity index (χ0n) is 19.2. The largest absolute Gasteiger partial charge is 0.444 e. The molecule has 0 aromatic carbocycles. The van der Waals surface area contributed by atoms with E-state index in [1.807, 2.05) is 0 Å². The van der Waals surface area contributed by atoms with E-state index in [-0.39, 0.29) is 24.2 Å². The normalized spacial score (nSPS) is 21.2. The van der Waals surface area contributed by atoms with Crippen LogP contribution in [0.4, 0.5) is 4.79 Å². The molecule has 1 aliphatic carbocycles. The summed E-state index contributed by atoms with van der Waals surface area (Å²) in [6.07, 6.45) is 3.63. The van der Waals surface area contributed by atoms with Crippen molar-refractivity contribution in [3.63, 3.8) is 0 Å². The lowest BCUT2D eigenvalue weighted by molar-refractivity contribution is -0.172. The minimum Gasteiger partial charge on any atom is -0.444 e. The number of rotatable bonds is 8. The van der Waals surface area contributed by atoms with Crippen molar-refractivity contribution in [2.75, 3.05) is 20.7 Å². The van der Waals surface area contributed by atoms with Crippen LogP contribution in [0, 0.1) is 11.8 Å². The molecule has 3 unspecified atom stereocenters. The summed E-state index contributed by atoms with van der Waals surface area (Å²) in [5.41, 5.74) is -0.698. The maximum atomic E-state index is 13.2. The number of amides is 4. The van der Waals surface area contributed by atoms with Crippen LogP contribution in [0.25, 0.3) is 0 Å². The molecule has 4 amide bonds. The average Bonchev–Trinajstić information content (AvgIpc) is 3.35. The average molecular weight is 441 g/mol. The molecule has 1 heterocycles. The first-order chi connectivity index (χ1) is 14.5. The minimum absolute atomic E-state index is 0.0433. The molecule has 3 atom stereocenters. The molecule has 2 rings (SSSR count). The van der Waals surface area contributed by atoms with Crippen molar-refractivity contribution in [2.45, 2.75) is 77.0 Å². The van der Waals surface area contributed by atoms with E-state index >= 15 is 0 Å². The van der Waals surface area contributed by atoms with Crippen molar-refractivity contribution >= 4 is 23.8 Å². The zero-order valence-corrected chi connectivity index (χ0v) is 19.2. The van der Waals surface area contributed by atoms with Crippen molar-refractivity contribution in [3.05, 3.63) is 0 Å². The van der Waals surface area contributed by atoms with Crippen LogP contribution < -0.4 is 16.0 Å². The summed E-state index contributed by atoms with van der Waals surface area (Å²) in [6, 6.07) is -1.77. The third kappa shape index (κ3) is 7.37. The highest BCUT2D eigenvalue weighted by Gasteiger charge is 2.38. The van der Waals surface area contributed by atoms with Gasteiger partial charge in [0.2, 0.25) is 11.8 Å². The zero-order chi connectivity index (χ0) is 23.2. The van der Waals surface area contributed by atoms with E-state index in [2.05, 4.69) is 16.0 Å². The summed E-state index contributed by atoms with van der Waals surface area (Å²) in [5.74, 6) is -1.47. The summed E-state index contributed by atoms with van der Waals surface area (Å²) < 4.78 is 5.33. The summed E-state index contributed by atoms with van der Waals surface area (Å²) in [6.45, 7) is 5.79. The number of alkyl carbamates (subject to hydrolysis) is 1. The predicted octanol–water partition coefficient (Wildman–Crippen LogP) is 1.10. The Balaban J connectivity index is 2.15. The van der Waals surface area contributed by atoms with Crippen LogP contribution in [0.1, 0.15) is 59.3 Å². The van der Waals surface area contributed by atoms with Gasteiger partial charge >= 0.3 is 6.09 Å². The van der Waals surface area contributed by atoms with E-state index in [1.165, 1.54) is 14.2 Å². The number of hydroxylamine groups is 2. The number of nitrogens with one attached hydrogen (secondary N) is 3. The van der Waals surface area contributed by atoms with E-state index in [0.717, 1.165) is 30.7 Å². The molecule has 2 fully saturated rings. The molecule has 10 heteroatoms. The fourth-order valence-electron chi connectivity index (χ4n) is 4.07. The summed E-state index contributed by atoms with van der Waals surface area (Å²) in [5, 5.41) is 9.24. The number of nitrogens with zero attached hydrogens (tertiary/aromatic N) is 1. The van der Waals surface area contributed by atoms with Gasteiger partial charge in [-0.05, 0) is 52.4 Å². The lowest BCUT2D eigenvalue weighted by Gasteiger charge is -2.29. The quantitative estimate of drug-likeness (QED) is 0.485. The van der Waals surface area contributed by atoms with Crippen LogP contribution in [-0.2, 0) is 24.0 Å². The Morgan fingerprint density at radius 2 is 1.81 bits per heavy atom. The molecule has 1 saturated heterocycles. The summed E-state index contributed by atoms with van der Waals surface area (Å²) in [4.78, 5) is 55.4. The monoisotopic (exact) mass is 440 g/mol. The summed E-state index contributed by atoms with van der Waals surface area (Å²) in [7, 11) is 2.80. The molecule has 0 aromatic rings. The van der Waals surface area contributed by atoms with Crippen molar-refractivity contribution in [3.8, 4) is 0 Å². The van der Waals surface area contributed by atoms with Crippen molar-refractivity contribution in [2.24, 2.45) is 11.8 Å². The number of carbonyl (C=O) groups excluding carboxylic acids is 4. The second-order valence-corrected chi connectivity index (χ2v) is 9.26. The van der Waals surface area contributed by atoms with Gasteiger partial charge in [0.15, 0.2) is 0 Å². The molecule has 2 aliphatic rings. The van der Waals surface area contributed by atoms with Crippen molar-refractivity contribution in [1.29, 1.82) is 0 Å². The smallest absolute Gasteiger partial charge is 0.408 e. The number of hydrogen-bond acceptors (Lipinski definition) is 6. The fraction of sp³-hybridized carbons (Fsp3) is 0.810. The Labute approximate surface area is 183 Å². The highest BCUT2D eigenvalue weighted by atomic mass is 16.7. The van der Waals surface area contributed by atoms with Crippen molar-refractivity contribution in [1.82, 2.24) is 21.0 Å². The molecule has 1 aliphatic heterocycles. The third-order valence-electron chi connectivity index (χ3n) is 5.71. The van der Waals surface area contributed by atoms with Gasteiger partial charge in [-0.15, -0.1) is 0 Å². The van der Waals surface area contributed by atoms with E-state index in [0.29, 0.717) is 13.0 Å². The SMILES string of the molecule is CON(C)C(=O)C(CC1CCNC1=O)NC(=O)C(NC(=O)OC(C)(C)C)C1CCCC1. The van der Waals surface area contributed by atoms with Gasteiger partial charge in [0.25, 0.3) is 5.91 Å². The molecule has 31 heavy (non-hydrogen) atoms. The number of hydrogen-bond donors (Lipinski definition) is 3. The second kappa shape index (κ2) is 10.8. The highest BCUT2D eigenvalue weighted by Crippen LogP contribution is 2.28. The predicted molar refractivity (Wildman–Crippen MR) is 113 cm³/mol. The Bertz CT molecular complexity index is 671. The van der Waals surface area contributed by atoms with Crippen LogP contribution in [0.3, 0.4) is 0 Å². The van der Waals surface area contributed by atoms with Gasteiger partial charge < -0.3 is 20.7 Å². The van der Waals surface area contributed by atoms with E-state index in [9.17, 15) is 19.2 Å². The van der Waals surface area contributed by atoms with Gasteiger partial charge in [-0.2, -0.15) is 0 Å². The number of ether oxygens (including phenoxy) is 1. The van der Waals surface area contributed by atoms with Crippen LogP contribution >= 0.6 is 0 Å². The Morgan fingerprint density at radius 3 is 2.32 bits per heavy atom. The first kappa shape index (κ1) is 24.9. The lowest BCUT2D eigenvalue weighted by atomic mass is 9.95. The Morgan fingerprint density at radius 1 is 1.16 bits per heavy atom. The van der Waals surface area contributed by atoms with Gasteiger partial charge in [-0.3, -0.25) is 19.2 Å². The third-order valence-corrected chi connectivity index (χ3v) is 5.71. The molecule has 1 saturated carbocycles. The van der Waals surface area contributed by atoms with Crippen LogP contribution in [0.15, 0.2) is 0 Å². The molecule has 3 N–H and O–H groups in total. The van der Waals surface area contributed by atoms with Gasteiger partial charge in [0.1, 0.15) is 17.7 Å². The Kier molecular flexibility index (Phi) is 8.67. The van der Waals surface area contributed by atoms with Gasteiger partial charge in [-0.1, -0.05) is 12.8 Å². The van der Waals surface area contributed by atoms with Gasteiger partial charge in [0.05, 0.1) is 7.11 Å². The van der Waals surface area contributed by atoms with Crippen LogP contribution in [-0.4, -0.2) is 67.3 Å². The lowest BCUT2D eigenvalue weighted by Crippen LogP contribution is -2.56. The maximum Gasteiger partial charge on any atom is 0.408 e. The maximum absolute atomic E-state index is 13.2. The Hall–Kier alpha value is -2.36. The van der Waals surface area contributed by atoms with Gasteiger partial charge in [0, 0.05) is 19.5 Å². The molecule has 0 radical (unpaired) electrons. The van der Waals surface area contributed by atoms with Crippen LogP contribution in [0.2, 0.25) is 0 Å². The second-order valence-electron chi connectivity index (χ2n) is 9.26. The van der Waals surface area contributed by atoms with Gasteiger partial charge in [-0.25, -0.2) is 9.86 Å². The molecule has 176 valence electrons. The molecule has 0 spiro atoms. The number of carbonyl (C=O) groups is 4. The topological polar surface area (TPSA) is 126 Å². The first-order valence-corrected chi connectivity index (χ1v) is 10.9.